The van der Waals surface area contributed by atoms with E-state index >= 15 is 0 Å². The summed E-state index contributed by atoms with van der Waals surface area (Å²) in [5.74, 6) is -0.854. The van der Waals surface area contributed by atoms with Crippen molar-refractivity contribution in [2.24, 2.45) is 0 Å². The zero-order valence-corrected chi connectivity index (χ0v) is 35.0. The van der Waals surface area contributed by atoms with Gasteiger partial charge in [-0.25, -0.2) is 16.8 Å². The molecule has 53 heavy (non-hydrogen) atoms. The van der Waals surface area contributed by atoms with Gasteiger partial charge in [-0.2, -0.15) is 4.58 Å². The van der Waals surface area contributed by atoms with E-state index in [1.807, 2.05) is 69.7 Å². The second kappa shape index (κ2) is 18.0. The zero-order valence-electron chi connectivity index (χ0n) is 31.3. The van der Waals surface area contributed by atoms with Crippen molar-refractivity contribution in [1.29, 1.82) is 0 Å². The van der Waals surface area contributed by atoms with Crippen LogP contribution in [0, 0.1) is 0 Å². The number of hydrogen-bond donors (Lipinski definition) is 2. The van der Waals surface area contributed by atoms with Gasteiger partial charge in [-0.15, -0.1) is 0 Å². The van der Waals surface area contributed by atoms with Crippen LogP contribution in [-0.2, 0) is 40.7 Å². The Labute approximate surface area is 335 Å². The van der Waals surface area contributed by atoms with E-state index in [1.165, 1.54) is 24.3 Å². The van der Waals surface area contributed by atoms with Crippen molar-refractivity contribution in [3.8, 4) is 0 Å². The number of hydrogen-bond acceptors (Lipinski definition) is 9. The van der Waals surface area contributed by atoms with Crippen LogP contribution in [0.2, 0.25) is 0 Å². The smallest absolute Gasteiger partial charge is 0.744 e. The van der Waals surface area contributed by atoms with E-state index in [1.54, 1.807) is 12.1 Å². The van der Waals surface area contributed by atoms with Gasteiger partial charge in [-0.3, -0.25) is 9.59 Å². The molecule has 0 atom stereocenters. The molecule has 282 valence electrons. The Morgan fingerprint density at radius 3 is 2.06 bits per heavy atom. The second-order valence-electron chi connectivity index (χ2n) is 14.3. The average Bonchev–Trinajstić information content (AvgIpc) is 3.38. The molecule has 2 aromatic carbocycles. The third-order valence-corrected chi connectivity index (χ3v) is 11.5. The van der Waals surface area contributed by atoms with Crippen LogP contribution in [0.3, 0.4) is 0 Å². The molecule has 0 fully saturated rings. The first-order chi connectivity index (χ1) is 24.3. The minimum absolute atomic E-state index is 0. The Kier molecular flexibility index (Phi) is 15.1. The molecule has 15 heteroatoms. The fourth-order valence-corrected chi connectivity index (χ4v) is 8.00. The van der Waals surface area contributed by atoms with E-state index < -0.39 is 37.0 Å². The van der Waals surface area contributed by atoms with Crippen LogP contribution in [0.1, 0.15) is 90.2 Å². The van der Waals surface area contributed by atoms with Crippen LogP contribution < -0.4 is 39.8 Å². The standard InChI is InChI=1S/C38H49N3O9S2.Na/c1-37(2)29-25-27(51(45,46)47)19-21-31(29)40(5)33(37)15-9-6-10-16-34-38(3,4)30-26-28(52(48,49)50)20-22-32(30)41(34)24-14-8-11-17-35(42)39-23-13-7-12-18-36(43)44;/h6,9-10,15-16,19-22,25-26H,7-8,11-14,17-18,23-24H2,1-5H3,(H3-,39,42,43,44,45,46,47,48,49,50);/q;+1/p-1. The van der Waals surface area contributed by atoms with Crippen LogP contribution in [0.25, 0.3) is 0 Å². The first-order valence-electron chi connectivity index (χ1n) is 17.4. The number of aliphatic carboxylic acids is 1. The number of unbranched alkanes of at least 4 members (excludes halogenated alkanes) is 4. The van der Waals surface area contributed by atoms with Gasteiger partial charge in [-0.05, 0) is 81.5 Å². The molecule has 2 aliphatic rings. The monoisotopic (exact) mass is 777 g/mol. The maximum Gasteiger partial charge on any atom is 1.00 e. The van der Waals surface area contributed by atoms with Crippen molar-refractivity contribution in [1.82, 2.24) is 5.32 Å². The van der Waals surface area contributed by atoms with Crippen molar-refractivity contribution >= 4 is 49.2 Å². The van der Waals surface area contributed by atoms with E-state index in [-0.39, 0.29) is 51.7 Å². The van der Waals surface area contributed by atoms with Gasteiger partial charge in [0, 0.05) is 60.4 Å². The number of rotatable bonds is 17. The van der Waals surface area contributed by atoms with Crippen molar-refractivity contribution in [3.63, 3.8) is 0 Å². The summed E-state index contributed by atoms with van der Waals surface area (Å²) in [6.07, 6.45) is 14.4. The van der Waals surface area contributed by atoms with Crippen LogP contribution in [0.4, 0.5) is 11.4 Å². The van der Waals surface area contributed by atoms with Gasteiger partial charge >= 0.3 is 35.5 Å². The molecular formula is C38H48N3NaO9S2. The average molecular weight is 778 g/mol. The molecule has 12 nitrogen and oxygen atoms in total. The van der Waals surface area contributed by atoms with Crippen LogP contribution in [0.15, 0.2) is 82.3 Å². The quantitative estimate of drug-likeness (QED) is 0.0795. The summed E-state index contributed by atoms with van der Waals surface area (Å²) in [7, 11) is -7.37. The van der Waals surface area contributed by atoms with Gasteiger partial charge in [0.2, 0.25) is 11.6 Å². The third-order valence-electron chi connectivity index (χ3n) is 9.85. The Balaban J connectivity index is 0.00000756. The molecule has 0 radical (unpaired) electrons. The van der Waals surface area contributed by atoms with Crippen molar-refractivity contribution in [2.45, 2.75) is 99.7 Å². The first-order valence-corrected chi connectivity index (χ1v) is 20.2. The number of carbonyl (C=O) groups excluding carboxylic acids is 1. The molecular weight excluding hydrogens is 730 g/mol. The summed E-state index contributed by atoms with van der Waals surface area (Å²) in [5, 5.41) is 11.6. The van der Waals surface area contributed by atoms with Crippen molar-refractivity contribution in [2.75, 3.05) is 25.0 Å². The van der Waals surface area contributed by atoms with Gasteiger partial charge in [0.15, 0.2) is 5.71 Å². The summed E-state index contributed by atoms with van der Waals surface area (Å²) in [6.45, 7) is 9.02. The summed E-state index contributed by atoms with van der Waals surface area (Å²) >= 11 is 0. The minimum Gasteiger partial charge on any atom is -0.744 e. The molecule has 2 heterocycles. The molecule has 0 aromatic heterocycles. The van der Waals surface area contributed by atoms with E-state index in [0.29, 0.717) is 32.4 Å². The zero-order chi connectivity index (χ0) is 38.5. The maximum atomic E-state index is 12.3. The molecule has 1 amide bonds. The van der Waals surface area contributed by atoms with Crippen LogP contribution in [-0.4, -0.2) is 73.3 Å². The number of carbonyl (C=O) groups is 2. The molecule has 0 spiro atoms. The molecule has 2 N–H and O–H groups in total. The van der Waals surface area contributed by atoms with Gasteiger partial charge < -0.3 is 24.4 Å². The Morgan fingerprint density at radius 1 is 0.811 bits per heavy atom. The summed E-state index contributed by atoms with van der Waals surface area (Å²) in [4.78, 5) is 24.5. The molecule has 0 bridgehead atoms. The summed E-state index contributed by atoms with van der Waals surface area (Å²) in [6, 6.07) is 8.87. The normalized spacial score (nSPS) is 17.0. The first kappa shape index (κ1) is 44.3. The van der Waals surface area contributed by atoms with Crippen molar-refractivity contribution < 1.29 is 74.8 Å². The summed E-state index contributed by atoms with van der Waals surface area (Å²) < 4.78 is 72.7. The number of benzene rings is 2. The fraction of sp³-hybridized carbons (Fsp3) is 0.447. The Bertz CT molecular complexity index is 2050. The number of anilines is 1. The topological polar surface area (TPSA) is 187 Å². The van der Waals surface area contributed by atoms with Crippen LogP contribution >= 0.6 is 0 Å². The van der Waals surface area contributed by atoms with Crippen LogP contribution in [0.5, 0.6) is 0 Å². The molecule has 0 aliphatic carbocycles. The SMILES string of the molecule is C[N+]1=C(/C=C/C=C/C=C2/N(CCCCCC(=O)NCCCCCC(=O)O)c3ccc(S(=O)(=O)[O-])cc3C2(C)C)C(C)(C)c2cc(S(=O)(=O)[O-])ccc21.[Na+]. The molecule has 0 saturated carbocycles. The molecule has 2 aliphatic heterocycles. The number of carboxylic acid groups (broad SMARTS) is 1. The molecule has 2 aromatic rings. The number of nitrogens with zero attached hydrogens (tertiary/aromatic N) is 2. The minimum atomic E-state index is -4.66. The second-order valence-corrected chi connectivity index (χ2v) is 17.0. The Hall–Kier alpha value is -3.11. The van der Waals surface area contributed by atoms with E-state index in [9.17, 15) is 35.5 Å². The van der Waals surface area contributed by atoms with Gasteiger partial charge in [0.25, 0.3) is 0 Å². The predicted octanol–water partition coefficient (Wildman–Crippen LogP) is 2.62. The van der Waals surface area contributed by atoms with E-state index in [0.717, 1.165) is 59.6 Å². The van der Waals surface area contributed by atoms with Gasteiger partial charge in [0.1, 0.15) is 27.3 Å². The number of fused-ring (bicyclic) bond motifs is 2. The Morgan fingerprint density at radius 2 is 1.42 bits per heavy atom. The number of allylic oxidation sites excluding steroid dienone is 6. The molecule has 0 unspecified atom stereocenters. The van der Waals surface area contributed by atoms with E-state index in [4.69, 9.17) is 5.11 Å². The number of amides is 1. The predicted molar refractivity (Wildman–Crippen MR) is 197 cm³/mol. The third kappa shape index (κ3) is 10.8. The largest absolute Gasteiger partial charge is 1.00 e. The van der Waals surface area contributed by atoms with Gasteiger partial charge in [-0.1, -0.05) is 44.9 Å². The fourth-order valence-electron chi connectivity index (χ4n) is 7.01. The summed E-state index contributed by atoms with van der Waals surface area (Å²) in [5.41, 5.74) is 3.73. The molecule has 4 rings (SSSR count). The number of nitrogens with one attached hydrogen (secondary N) is 1. The number of carboxylic acids is 1. The molecule has 0 saturated heterocycles. The van der Waals surface area contributed by atoms with E-state index in [2.05, 4.69) is 10.2 Å². The van der Waals surface area contributed by atoms with Gasteiger partial charge in [0.05, 0.1) is 15.2 Å². The van der Waals surface area contributed by atoms with Crippen molar-refractivity contribution in [3.05, 3.63) is 83.6 Å². The maximum absolute atomic E-state index is 12.3.